The van der Waals surface area contributed by atoms with E-state index < -0.39 is 36.7 Å². The van der Waals surface area contributed by atoms with Crippen LogP contribution in [0.25, 0.3) is 0 Å². The van der Waals surface area contributed by atoms with Crippen LogP contribution in [0.15, 0.2) is 18.2 Å². The van der Waals surface area contributed by atoms with Crippen molar-refractivity contribution in [1.82, 2.24) is 15.5 Å². The first-order valence-electron chi connectivity index (χ1n) is 8.31. The average Bonchev–Trinajstić information content (AvgIpc) is 3.10. The lowest BCUT2D eigenvalue weighted by molar-refractivity contribution is -0.123. The molecular formula is C17H22Cl2F3N3O. The van der Waals surface area contributed by atoms with E-state index in [1.165, 1.54) is 12.1 Å². The first-order chi connectivity index (χ1) is 11.8. The van der Waals surface area contributed by atoms with E-state index in [1.54, 1.807) is 6.07 Å². The summed E-state index contributed by atoms with van der Waals surface area (Å²) in [7, 11) is 1.94. The Labute approximate surface area is 161 Å². The van der Waals surface area contributed by atoms with E-state index in [4.69, 9.17) is 11.6 Å². The van der Waals surface area contributed by atoms with E-state index in [0.717, 1.165) is 18.5 Å². The van der Waals surface area contributed by atoms with Gasteiger partial charge in [0.25, 0.3) is 5.92 Å². The van der Waals surface area contributed by atoms with Crippen LogP contribution >= 0.6 is 24.0 Å². The molecule has 2 aliphatic rings. The topological polar surface area (TPSA) is 44.4 Å². The fraction of sp³-hybridized carbons (Fsp3) is 0.588. The predicted molar refractivity (Wildman–Crippen MR) is 96.5 cm³/mol. The van der Waals surface area contributed by atoms with E-state index in [1.807, 2.05) is 7.05 Å². The minimum atomic E-state index is -2.83. The number of amides is 1. The molecule has 3 unspecified atom stereocenters. The molecule has 2 saturated heterocycles. The van der Waals surface area contributed by atoms with Gasteiger partial charge in [0.2, 0.25) is 5.91 Å². The third kappa shape index (κ3) is 4.63. The number of nitrogens with zero attached hydrogens (tertiary/aromatic N) is 1. The van der Waals surface area contributed by atoms with Crippen molar-refractivity contribution < 1.29 is 18.0 Å². The summed E-state index contributed by atoms with van der Waals surface area (Å²) < 4.78 is 40.2. The highest BCUT2D eigenvalue weighted by Gasteiger charge is 2.42. The van der Waals surface area contributed by atoms with Crippen LogP contribution in [-0.4, -0.2) is 49.5 Å². The smallest absolute Gasteiger partial charge is 0.262 e. The van der Waals surface area contributed by atoms with Gasteiger partial charge in [0.15, 0.2) is 0 Å². The highest BCUT2D eigenvalue weighted by molar-refractivity contribution is 6.30. The molecule has 1 aromatic carbocycles. The molecule has 2 N–H and O–H groups in total. The lowest BCUT2D eigenvalue weighted by Crippen LogP contribution is -2.42. The second-order valence-electron chi connectivity index (χ2n) is 6.89. The van der Waals surface area contributed by atoms with Gasteiger partial charge in [-0.05, 0) is 43.6 Å². The number of halogens is 5. The molecule has 1 aromatic rings. The van der Waals surface area contributed by atoms with Gasteiger partial charge in [-0.3, -0.25) is 15.0 Å². The first-order valence-corrected chi connectivity index (χ1v) is 8.69. The summed E-state index contributed by atoms with van der Waals surface area (Å²) >= 11 is 5.74. The van der Waals surface area contributed by atoms with Gasteiger partial charge in [0.05, 0.1) is 17.6 Å². The summed E-state index contributed by atoms with van der Waals surface area (Å²) in [6.45, 7) is 0.709. The summed E-state index contributed by atoms with van der Waals surface area (Å²) in [6, 6.07) is 3.82. The molecule has 0 bridgehead atoms. The number of likely N-dealkylation sites (tertiary alicyclic amines) is 1. The highest BCUT2D eigenvalue weighted by Crippen LogP contribution is 2.36. The van der Waals surface area contributed by atoms with Crippen molar-refractivity contribution in [2.75, 3.05) is 26.7 Å². The van der Waals surface area contributed by atoms with Crippen LogP contribution < -0.4 is 10.6 Å². The Kier molecular flexibility index (Phi) is 6.82. The molecule has 0 saturated carbocycles. The van der Waals surface area contributed by atoms with Crippen LogP contribution in [-0.2, 0) is 4.79 Å². The van der Waals surface area contributed by atoms with Gasteiger partial charge in [-0.1, -0.05) is 17.7 Å². The Hall–Kier alpha value is -1.02. The first kappa shape index (κ1) is 21.3. The van der Waals surface area contributed by atoms with E-state index in [2.05, 4.69) is 15.5 Å². The van der Waals surface area contributed by atoms with Crippen LogP contribution in [0.4, 0.5) is 13.2 Å². The Bertz CT molecular complexity index is 662. The molecule has 2 fully saturated rings. The minimum absolute atomic E-state index is 0. The Morgan fingerprint density at radius 1 is 1.46 bits per heavy atom. The monoisotopic (exact) mass is 411 g/mol. The fourth-order valence-corrected chi connectivity index (χ4v) is 3.84. The van der Waals surface area contributed by atoms with Crippen molar-refractivity contribution in [2.24, 2.45) is 5.92 Å². The molecule has 0 aliphatic carbocycles. The highest BCUT2D eigenvalue weighted by atomic mass is 35.5. The Morgan fingerprint density at radius 2 is 2.19 bits per heavy atom. The molecule has 1 amide bonds. The van der Waals surface area contributed by atoms with Crippen LogP contribution in [0.3, 0.4) is 0 Å². The standard InChI is InChI=1S/C17H21ClF3N3O.ClH/c1-24-5-4-11(15(24)10-2-3-12(18)13(19)6-10)8-22-16(25)14-7-17(20,21)9-23-14;/h2-3,6,11,14-15,23H,4-5,7-9H2,1H3,(H,22,25);1H. The van der Waals surface area contributed by atoms with Gasteiger partial charge in [-0.15, -0.1) is 12.4 Å². The zero-order chi connectivity index (χ0) is 18.2. The summed E-state index contributed by atoms with van der Waals surface area (Å²) in [5.41, 5.74) is 0.798. The molecule has 0 spiro atoms. The van der Waals surface area contributed by atoms with Gasteiger partial charge in [0.1, 0.15) is 5.82 Å². The van der Waals surface area contributed by atoms with Gasteiger partial charge in [-0.2, -0.15) is 0 Å². The number of carbonyl (C=O) groups excluding carboxylic acids is 1. The maximum atomic E-state index is 13.8. The molecule has 2 heterocycles. The van der Waals surface area contributed by atoms with Crippen LogP contribution in [0.5, 0.6) is 0 Å². The van der Waals surface area contributed by atoms with E-state index in [0.29, 0.717) is 6.54 Å². The van der Waals surface area contributed by atoms with Crippen molar-refractivity contribution in [3.63, 3.8) is 0 Å². The lowest BCUT2D eigenvalue weighted by Gasteiger charge is -2.26. The summed E-state index contributed by atoms with van der Waals surface area (Å²) in [5, 5.41) is 5.39. The average molecular weight is 412 g/mol. The predicted octanol–water partition coefficient (Wildman–Crippen LogP) is 3.01. The maximum Gasteiger partial charge on any atom is 0.262 e. The van der Waals surface area contributed by atoms with Crippen LogP contribution in [0.1, 0.15) is 24.4 Å². The van der Waals surface area contributed by atoms with Gasteiger partial charge < -0.3 is 5.32 Å². The number of hydrogen-bond donors (Lipinski definition) is 2. The Morgan fingerprint density at radius 3 is 2.81 bits per heavy atom. The molecule has 4 nitrogen and oxygen atoms in total. The molecule has 0 aromatic heterocycles. The molecule has 9 heteroatoms. The van der Waals surface area contributed by atoms with Crippen molar-refractivity contribution in [3.8, 4) is 0 Å². The normalized spacial score (nSPS) is 28.0. The number of alkyl halides is 2. The van der Waals surface area contributed by atoms with Crippen molar-refractivity contribution >= 4 is 29.9 Å². The molecule has 3 rings (SSSR count). The maximum absolute atomic E-state index is 13.8. The second-order valence-corrected chi connectivity index (χ2v) is 7.29. The summed E-state index contributed by atoms with van der Waals surface area (Å²) in [4.78, 5) is 14.2. The molecule has 146 valence electrons. The van der Waals surface area contributed by atoms with Crippen LogP contribution in [0.2, 0.25) is 5.02 Å². The second kappa shape index (κ2) is 8.33. The zero-order valence-electron chi connectivity index (χ0n) is 14.3. The summed E-state index contributed by atoms with van der Waals surface area (Å²) in [5.74, 6) is -3.64. The Balaban J connectivity index is 0.00000243. The third-order valence-corrected chi connectivity index (χ3v) is 5.33. The van der Waals surface area contributed by atoms with Crippen molar-refractivity contribution in [1.29, 1.82) is 0 Å². The van der Waals surface area contributed by atoms with Crippen molar-refractivity contribution in [3.05, 3.63) is 34.6 Å². The number of rotatable bonds is 4. The molecule has 3 atom stereocenters. The van der Waals surface area contributed by atoms with Crippen molar-refractivity contribution in [2.45, 2.75) is 30.8 Å². The summed E-state index contributed by atoms with van der Waals surface area (Å²) in [6.07, 6.45) is 0.356. The third-order valence-electron chi connectivity index (χ3n) is 5.02. The zero-order valence-corrected chi connectivity index (χ0v) is 15.8. The van der Waals surface area contributed by atoms with Gasteiger partial charge >= 0.3 is 0 Å². The number of hydrogen-bond acceptors (Lipinski definition) is 3. The van der Waals surface area contributed by atoms with E-state index in [-0.39, 0.29) is 29.4 Å². The molecular weight excluding hydrogens is 390 g/mol. The fourth-order valence-electron chi connectivity index (χ4n) is 3.72. The number of nitrogens with one attached hydrogen (secondary N) is 2. The number of carbonyl (C=O) groups is 1. The lowest BCUT2D eigenvalue weighted by atomic mass is 9.93. The minimum Gasteiger partial charge on any atom is -0.354 e. The van der Waals surface area contributed by atoms with Crippen LogP contribution in [0, 0.1) is 11.7 Å². The molecule has 2 aliphatic heterocycles. The van der Waals surface area contributed by atoms with Gasteiger partial charge in [-0.25, -0.2) is 13.2 Å². The largest absolute Gasteiger partial charge is 0.354 e. The van der Waals surface area contributed by atoms with E-state index >= 15 is 0 Å². The molecule has 26 heavy (non-hydrogen) atoms. The SMILES string of the molecule is CN1CCC(CNC(=O)C2CC(F)(F)CN2)C1c1ccc(Cl)c(F)c1.Cl. The van der Waals surface area contributed by atoms with Gasteiger partial charge in [0, 0.05) is 19.0 Å². The molecule has 0 radical (unpaired) electrons. The number of benzene rings is 1. The quantitative estimate of drug-likeness (QED) is 0.800. The van der Waals surface area contributed by atoms with E-state index in [9.17, 15) is 18.0 Å².